The lowest BCUT2D eigenvalue weighted by atomic mass is 10.1. The molecule has 0 aliphatic heterocycles. The lowest BCUT2D eigenvalue weighted by Crippen LogP contribution is -2.11. The fourth-order valence-electron chi connectivity index (χ4n) is 1.59. The quantitative estimate of drug-likeness (QED) is 0.803. The second-order valence-electron chi connectivity index (χ2n) is 3.44. The molecule has 0 amide bonds. The van der Waals surface area contributed by atoms with Gasteiger partial charge in [-0.15, -0.1) is 0 Å². The first-order valence-corrected chi connectivity index (χ1v) is 4.86. The standard InChI is InChI=1S/C11H10N2O3/c14-10(15)6-5-9-7-3-1-2-4-8(7)11(16)13-12-9/h1-4H,5-6H2,(H,13,16)(H,14,15). The number of fused-ring (bicyclic) bond motifs is 1. The summed E-state index contributed by atoms with van der Waals surface area (Å²) in [5.41, 5.74) is 0.354. The minimum Gasteiger partial charge on any atom is -0.481 e. The molecule has 0 fully saturated rings. The van der Waals surface area contributed by atoms with Gasteiger partial charge >= 0.3 is 5.97 Å². The minimum absolute atomic E-state index is 0.00301. The fourth-order valence-corrected chi connectivity index (χ4v) is 1.59. The number of aryl methyl sites for hydroxylation is 1. The van der Waals surface area contributed by atoms with E-state index >= 15 is 0 Å². The van der Waals surface area contributed by atoms with Gasteiger partial charge in [-0.25, -0.2) is 5.10 Å². The van der Waals surface area contributed by atoms with Crippen LogP contribution in [0.15, 0.2) is 29.1 Å². The number of aromatic amines is 1. The van der Waals surface area contributed by atoms with Gasteiger partial charge in [-0.2, -0.15) is 5.10 Å². The number of H-pyrrole nitrogens is 1. The SMILES string of the molecule is O=C(O)CCc1n[nH]c(=O)c2ccccc12. The Balaban J connectivity index is 2.50. The predicted molar refractivity (Wildman–Crippen MR) is 58.3 cm³/mol. The van der Waals surface area contributed by atoms with Crippen LogP contribution in [0.25, 0.3) is 10.8 Å². The molecule has 0 saturated carbocycles. The second kappa shape index (κ2) is 4.14. The summed E-state index contributed by atoms with van der Waals surface area (Å²) < 4.78 is 0. The summed E-state index contributed by atoms with van der Waals surface area (Å²) in [5, 5.41) is 16.1. The van der Waals surface area contributed by atoms with E-state index in [1.807, 2.05) is 0 Å². The number of benzene rings is 1. The molecule has 0 saturated heterocycles. The zero-order valence-corrected chi connectivity index (χ0v) is 8.43. The zero-order valence-electron chi connectivity index (χ0n) is 8.43. The van der Waals surface area contributed by atoms with E-state index in [1.165, 1.54) is 0 Å². The average molecular weight is 218 g/mol. The van der Waals surface area contributed by atoms with Crippen LogP contribution in [0.5, 0.6) is 0 Å². The summed E-state index contributed by atoms with van der Waals surface area (Å²) in [4.78, 5) is 21.9. The van der Waals surface area contributed by atoms with Crippen molar-refractivity contribution in [3.63, 3.8) is 0 Å². The van der Waals surface area contributed by atoms with E-state index in [4.69, 9.17) is 5.11 Å². The molecule has 0 bridgehead atoms. The second-order valence-corrected chi connectivity index (χ2v) is 3.44. The van der Waals surface area contributed by atoms with E-state index in [9.17, 15) is 9.59 Å². The van der Waals surface area contributed by atoms with E-state index in [0.717, 1.165) is 0 Å². The van der Waals surface area contributed by atoms with E-state index in [2.05, 4.69) is 10.2 Å². The number of nitrogens with one attached hydrogen (secondary N) is 1. The van der Waals surface area contributed by atoms with Crippen molar-refractivity contribution in [3.8, 4) is 0 Å². The van der Waals surface area contributed by atoms with Crippen molar-refractivity contribution in [1.82, 2.24) is 10.2 Å². The van der Waals surface area contributed by atoms with Crippen LogP contribution < -0.4 is 5.56 Å². The Kier molecular flexibility index (Phi) is 2.68. The summed E-state index contributed by atoms with van der Waals surface area (Å²) in [6.45, 7) is 0. The van der Waals surface area contributed by atoms with Gasteiger partial charge in [0.15, 0.2) is 0 Å². The van der Waals surface area contributed by atoms with Crippen LogP contribution in [-0.2, 0) is 11.2 Å². The predicted octanol–water partition coefficient (Wildman–Crippen LogP) is 0.940. The Morgan fingerprint density at radius 2 is 2.00 bits per heavy atom. The number of carboxylic acid groups (broad SMARTS) is 1. The van der Waals surface area contributed by atoms with E-state index < -0.39 is 5.97 Å². The highest BCUT2D eigenvalue weighted by Crippen LogP contribution is 2.13. The largest absolute Gasteiger partial charge is 0.481 e. The highest BCUT2D eigenvalue weighted by molar-refractivity contribution is 5.83. The van der Waals surface area contributed by atoms with E-state index in [0.29, 0.717) is 22.9 Å². The third-order valence-electron chi connectivity index (χ3n) is 2.35. The monoisotopic (exact) mass is 218 g/mol. The lowest BCUT2D eigenvalue weighted by Gasteiger charge is -2.02. The first-order chi connectivity index (χ1) is 7.68. The van der Waals surface area contributed by atoms with E-state index in [-0.39, 0.29) is 12.0 Å². The van der Waals surface area contributed by atoms with Crippen LogP contribution in [0.2, 0.25) is 0 Å². The normalized spacial score (nSPS) is 10.5. The fraction of sp³-hybridized carbons (Fsp3) is 0.182. The minimum atomic E-state index is -0.878. The van der Waals surface area contributed by atoms with Gasteiger partial charge in [-0.05, 0) is 6.07 Å². The number of nitrogens with zero attached hydrogens (tertiary/aromatic N) is 1. The van der Waals surface area contributed by atoms with Crippen LogP contribution in [0, 0.1) is 0 Å². The topological polar surface area (TPSA) is 83.0 Å². The van der Waals surface area contributed by atoms with Crippen LogP contribution in [-0.4, -0.2) is 21.3 Å². The van der Waals surface area contributed by atoms with Crippen LogP contribution >= 0.6 is 0 Å². The highest BCUT2D eigenvalue weighted by atomic mass is 16.4. The molecule has 2 aromatic rings. The van der Waals surface area contributed by atoms with Gasteiger partial charge in [0.1, 0.15) is 0 Å². The third kappa shape index (κ3) is 1.93. The van der Waals surface area contributed by atoms with Crippen molar-refractivity contribution in [2.24, 2.45) is 0 Å². The summed E-state index contributed by atoms with van der Waals surface area (Å²) in [7, 11) is 0. The molecular weight excluding hydrogens is 208 g/mol. The Morgan fingerprint density at radius 3 is 2.69 bits per heavy atom. The Hall–Kier alpha value is -2.17. The maximum absolute atomic E-state index is 11.4. The number of aliphatic carboxylic acids is 1. The van der Waals surface area contributed by atoms with E-state index in [1.54, 1.807) is 24.3 Å². The highest BCUT2D eigenvalue weighted by Gasteiger charge is 2.07. The van der Waals surface area contributed by atoms with Gasteiger partial charge in [0, 0.05) is 11.8 Å². The number of rotatable bonds is 3. The van der Waals surface area contributed by atoms with Crippen molar-refractivity contribution in [2.45, 2.75) is 12.8 Å². The maximum atomic E-state index is 11.4. The van der Waals surface area contributed by atoms with Crippen molar-refractivity contribution in [3.05, 3.63) is 40.3 Å². The molecule has 5 nitrogen and oxygen atoms in total. The summed E-state index contributed by atoms with van der Waals surface area (Å²) in [6.07, 6.45) is 0.315. The molecule has 5 heteroatoms. The molecular formula is C11H10N2O3. The smallest absolute Gasteiger partial charge is 0.303 e. The Morgan fingerprint density at radius 1 is 1.31 bits per heavy atom. The molecule has 2 N–H and O–H groups in total. The Labute approximate surface area is 90.7 Å². The molecule has 0 aliphatic carbocycles. The molecule has 1 aromatic carbocycles. The molecule has 0 aliphatic rings. The number of hydrogen-bond donors (Lipinski definition) is 2. The lowest BCUT2D eigenvalue weighted by molar-refractivity contribution is -0.136. The third-order valence-corrected chi connectivity index (χ3v) is 2.35. The summed E-state index contributed by atoms with van der Waals surface area (Å²) in [5.74, 6) is -0.878. The molecule has 82 valence electrons. The van der Waals surface area contributed by atoms with Gasteiger partial charge in [-0.1, -0.05) is 18.2 Å². The van der Waals surface area contributed by atoms with Gasteiger partial charge in [0.05, 0.1) is 17.5 Å². The van der Waals surface area contributed by atoms with Crippen LogP contribution in [0.3, 0.4) is 0 Å². The van der Waals surface area contributed by atoms with Crippen molar-refractivity contribution < 1.29 is 9.90 Å². The number of aromatic nitrogens is 2. The average Bonchev–Trinajstić information content (AvgIpc) is 2.28. The first-order valence-electron chi connectivity index (χ1n) is 4.86. The number of carboxylic acids is 1. The summed E-state index contributed by atoms with van der Waals surface area (Å²) >= 11 is 0. The molecule has 0 unspecified atom stereocenters. The molecule has 1 heterocycles. The van der Waals surface area contributed by atoms with Gasteiger partial charge in [0.25, 0.3) is 5.56 Å². The van der Waals surface area contributed by atoms with Crippen molar-refractivity contribution in [2.75, 3.05) is 0 Å². The molecule has 0 atom stereocenters. The Bertz CT molecular complexity index is 589. The molecule has 0 radical (unpaired) electrons. The number of carbonyl (C=O) groups is 1. The molecule has 16 heavy (non-hydrogen) atoms. The zero-order chi connectivity index (χ0) is 11.5. The molecule has 0 spiro atoms. The van der Waals surface area contributed by atoms with Crippen LogP contribution in [0.4, 0.5) is 0 Å². The molecule has 2 rings (SSSR count). The van der Waals surface area contributed by atoms with Crippen molar-refractivity contribution in [1.29, 1.82) is 0 Å². The van der Waals surface area contributed by atoms with Gasteiger partial charge in [0.2, 0.25) is 0 Å². The van der Waals surface area contributed by atoms with Gasteiger partial charge in [-0.3, -0.25) is 9.59 Å². The molecule has 1 aromatic heterocycles. The van der Waals surface area contributed by atoms with Gasteiger partial charge < -0.3 is 5.11 Å². The maximum Gasteiger partial charge on any atom is 0.303 e. The van der Waals surface area contributed by atoms with Crippen LogP contribution in [0.1, 0.15) is 12.1 Å². The first kappa shape index (κ1) is 10.4. The van der Waals surface area contributed by atoms with Crippen molar-refractivity contribution >= 4 is 16.7 Å². The number of hydrogen-bond acceptors (Lipinski definition) is 3. The summed E-state index contributed by atoms with van der Waals surface area (Å²) in [6, 6.07) is 7.03.